The third-order valence-electron chi connectivity index (χ3n) is 4.27. The molecule has 2 aliphatic rings. The second-order valence-electron chi connectivity index (χ2n) is 6.03. The van der Waals surface area contributed by atoms with Crippen molar-refractivity contribution in [3.8, 4) is 6.07 Å². The van der Waals surface area contributed by atoms with E-state index in [9.17, 15) is 10.1 Å². The Bertz CT molecular complexity index is 744. The summed E-state index contributed by atoms with van der Waals surface area (Å²) in [4.78, 5) is 12.0. The van der Waals surface area contributed by atoms with Gasteiger partial charge in [0.1, 0.15) is 6.07 Å². The molecule has 0 radical (unpaired) electrons. The molecule has 0 aliphatic heterocycles. The molecule has 1 saturated carbocycles. The average Bonchev–Trinajstić information content (AvgIpc) is 3.32. The van der Waals surface area contributed by atoms with Crippen LogP contribution in [-0.2, 0) is 9.53 Å². The maximum atomic E-state index is 12.0. The number of allylic oxidation sites excluding steroid dienone is 2. The van der Waals surface area contributed by atoms with Crippen molar-refractivity contribution in [2.45, 2.75) is 31.4 Å². The van der Waals surface area contributed by atoms with Crippen LogP contribution < -0.4 is 5.73 Å². The highest BCUT2D eigenvalue weighted by Gasteiger charge is 2.43. The van der Waals surface area contributed by atoms with Crippen LogP contribution in [0.15, 0.2) is 52.0 Å². The number of carbonyl (C=O) groups is 1. The topological polar surface area (TPSA) is 76.1 Å². The largest absolute Gasteiger partial charge is 0.435 e. The van der Waals surface area contributed by atoms with Crippen LogP contribution >= 0.6 is 15.9 Å². The molecule has 23 heavy (non-hydrogen) atoms. The number of halogens is 1. The summed E-state index contributed by atoms with van der Waals surface area (Å²) >= 11 is 3.55. The van der Waals surface area contributed by atoms with Crippen molar-refractivity contribution in [1.29, 1.82) is 5.26 Å². The molecule has 0 spiro atoms. The smallest absolute Gasteiger partial charge is 0.311 e. The van der Waals surface area contributed by atoms with Crippen molar-refractivity contribution in [3.05, 3.63) is 57.6 Å². The van der Waals surface area contributed by atoms with Crippen molar-refractivity contribution in [2.24, 2.45) is 11.7 Å². The molecule has 2 aliphatic carbocycles. The number of hydrogen-bond acceptors (Lipinski definition) is 4. The molecule has 1 aromatic rings. The zero-order chi connectivity index (χ0) is 16.6. The van der Waals surface area contributed by atoms with E-state index in [1.165, 1.54) is 0 Å². The molecule has 0 saturated heterocycles. The van der Waals surface area contributed by atoms with Gasteiger partial charge in [0.05, 0.1) is 11.5 Å². The van der Waals surface area contributed by atoms with Gasteiger partial charge in [-0.1, -0.05) is 46.3 Å². The molecule has 3 rings (SSSR count). The van der Waals surface area contributed by atoms with Crippen molar-refractivity contribution < 1.29 is 9.53 Å². The van der Waals surface area contributed by atoms with Gasteiger partial charge in [0, 0.05) is 10.4 Å². The van der Waals surface area contributed by atoms with E-state index in [1.54, 1.807) is 6.08 Å². The average molecular weight is 373 g/mol. The van der Waals surface area contributed by atoms with E-state index in [2.05, 4.69) is 22.0 Å². The minimum Gasteiger partial charge on any atom is -0.435 e. The summed E-state index contributed by atoms with van der Waals surface area (Å²) in [5.41, 5.74) is 6.91. The van der Waals surface area contributed by atoms with Crippen LogP contribution in [0.25, 0.3) is 0 Å². The zero-order valence-electron chi connectivity index (χ0n) is 12.8. The minimum absolute atomic E-state index is 0.0744. The fourth-order valence-electron chi connectivity index (χ4n) is 2.90. The Morgan fingerprint density at radius 2 is 2.04 bits per heavy atom. The Hall–Kier alpha value is -1.90. The molecule has 5 heteroatoms. The van der Waals surface area contributed by atoms with Crippen LogP contribution in [0.2, 0.25) is 0 Å². The molecular weight excluding hydrogens is 356 g/mol. The molecule has 1 fully saturated rings. The predicted octanol–water partition coefficient (Wildman–Crippen LogP) is 3.51. The van der Waals surface area contributed by atoms with Gasteiger partial charge in [-0.15, -0.1) is 0 Å². The number of carbonyl (C=O) groups excluding carboxylic acids is 1. The number of rotatable bonds is 3. The van der Waals surface area contributed by atoms with E-state index in [-0.39, 0.29) is 17.8 Å². The van der Waals surface area contributed by atoms with Gasteiger partial charge in [-0.05, 0) is 37.0 Å². The molecule has 2 atom stereocenters. The van der Waals surface area contributed by atoms with Crippen LogP contribution in [0, 0.1) is 17.2 Å². The summed E-state index contributed by atoms with van der Waals surface area (Å²) < 4.78 is 6.28. The van der Waals surface area contributed by atoms with Gasteiger partial charge >= 0.3 is 5.97 Å². The Morgan fingerprint density at radius 3 is 2.61 bits per heavy atom. The van der Waals surface area contributed by atoms with Crippen molar-refractivity contribution >= 4 is 21.9 Å². The van der Waals surface area contributed by atoms with E-state index >= 15 is 0 Å². The fourth-order valence-corrected chi connectivity index (χ4v) is 3.85. The molecular formula is C18H17BrN2O2. The van der Waals surface area contributed by atoms with Gasteiger partial charge in [-0.3, -0.25) is 10.5 Å². The highest BCUT2D eigenvalue weighted by Crippen LogP contribution is 2.44. The highest BCUT2D eigenvalue weighted by molar-refractivity contribution is 9.11. The second-order valence-corrected chi connectivity index (χ2v) is 6.95. The number of nitrogens with zero attached hydrogens (tertiary/aromatic N) is 1. The fraction of sp³-hybridized carbons (Fsp3) is 0.333. The van der Waals surface area contributed by atoms with Crippen LogP contribution in [0.1, 0.15) is 31.2 Å². The zero-order valence-corrected chi connectivity index (χ0v) is 14.3. The molecule has 0 heterocycles. The number of nitriles is 1. The lowest BCUT2D eigenvalue weighted by molar-refractivity contribution is -0.153. The van der Waals surface area contributed by atoms with Crippen LogP contribution in [0.4, 0.5) is 0 Å². The van der Waals surface area contributed by atoms with Gasteiger partial charge in [-0.2, -0.15) is 5.26 Å². The normalized spacial score (nSPS) is 27.2. The summed E-state index contributed by atoms with van der Waals surface area (Å²) in [6.45, 7) is 1.86. The molecule has 4 nitrogen and oxygen atoms in total. The van der Waals surface area contributed by atoms with Crippen molar-refractivity contribution in [3.63, 3.8) is 0 Å². The maximum absolute atomic E-state index is 12.0. The summed E-state index contributed by atoms with van der Waals surface area (Å²) in [6.07, 6.45) is 3.30. The Kier molecular flexibility index (Phi) is 4.13. The van der Waals surface area contributed by atoms with Gasteiger partial charge in [0.15, 0.2) is 0 Å². The quantitative estimate of drug-likeness (QED) is 0.650. The third-order valence-corrected chi connectivity index (χ3v) is 4.96. The number of esters is 1. The van der Waals surface area contributed by atoms with E-state index in [0.29, 0.717) is 5.57 Å². The standard InChI is InChI=1S/C18H17BrN2O2/c1-11-14(10-20)18(21,23-17(22)13-7-8-13)9-15(19)16(11)12-5-3-2-4-6-12/h2-6,9,13,16H,7-8,21H2,1H3. The molecule has 118 valence electrons. The van der Waals surface area contributed by atoms with Crippen LogP contribution in [-0.4, -0.2) is 11.7 Å². The van der Waals surface area contributed by atoms with Crippen LogP contribution in [0.5, 0.6) is 0 Å². The molecule has 0 amide bonds. The van der Waals surface area contributed by atoms with E-state index in [1.807, 2.05) is 37.3 Å². The summed E-state index contributed by atoms with van der Waals surface area (Å²) in [5, 5.41) is 9.59. The van der Waals surface area contributed by atoms with Gasteiger partial charge in [0.2, 0.25) is 5.72 Å². The number of nitrogens with two attached hydrogens (primary N) is 1. The van der Waals surface area contributed by atoms with E-state index in [0.717, 1.165) is 28.5 Å². The summed E-state index contributed by atoms with van der Waals surface area (Å²) in [6, 6.07) is 12.0. The van der Waals surface area contributed by atoms with Crippen LogP contribution in [0.3, 0.4) is 0 Å². The van der Waals surface area contributed by atoms with Gasteiger partial charge < -0.3 is 4.74 Å². The monoisotopic (exact) mass is 372 g/mol. The Balaban J connectivity index is 2.00. The van der Waals surface area contributed by atoms with E-state index < -0.39 is 5.72 Å². The molecule has 1 aromatic carbocycles. The minimum atomic E-state index is -1.50. The third kappa shape index (κ3) is 2.97. The number of hydrogen-bond donors (Lipinski definition) is 1. The lowest BCUT2D eigenvalue weighted by Gasteiger charge is -2.34. The van der Waals surface area contributed by atoms with E-state index in [4.69, 9.17) is 10.5 Å². The first kappa shape index (κ1) is 16.0. The molecule has 0 aromatic heterocycles. The SMILES string of the molecule is CC1=C(C#N)C(N)(OC(=O)C2CC2)C=C(Br)C1c1ccccc1. The summed E-state index contributed by atoms with van der Waals surface area (Å²) in [7, 11) is 0. The molecule has 2 unspecified atom stereocenters. The maximum Gasteiger partial charge on any atom is 0.311 e. The van der Waals surface area contributed by atoms with Crippen molar-refractivity contribution in [2.75, 3.05) is 0 Å². The van der Waals surface area contributed by atoms with Gasteiger partial charge in [0.25, 0.3) is 0 Å². The molecule has 2 N–H and O–H groups in total. The first-order valence-electron chi connectivity index (χ1n) is 7.52. The number of benzene rings is 1. The Labute approximate surface area is 143 Å². The lowest BCUT2D eigenvalue weighted by Crippen LogP contribution is -2.47. The lowest BCUT2D eigenvalue weighted by atomic mass is 9.81. The van der Waals surface area contributed by atoms with Crippen molar-refractivity contribution in [1.82, 2.24) is 0 Å². The van der Waals surface area contributed by atoms with Gasteiger partial charge in [-0.25, -0.2) is 0 Å². The first-order valence-corrected chi connectivity index (χ1v) is 8.32. The predicted molar refractivity (Wildman–Crippen MR) is 90.2 cm³/mol. The second kappa shape index (κ2) is 5.95. The Morgan fingerprint density at radius 1 is 1.39 bits per heavy atom. The number of ether oxygens (including phenoxy) is 1. The molecule has 0 bridgehead atoms. The first-order chi connectivity index (χ1) is 11.0. The highest BCUT2D eigenvalue weighted by atomic mass is 79.9. The summed E-state index contributed by atoms with van der Waals surface area (Å²) in [5.74, 6) is -0.500.